The third kappa shape index (κ3) is 3.20. The monoisotopic (exact) mass is 467 g/mol. The molecule has 0 amide bonds. The maximum atomic E-state index is 12.9. The molecule has 0 saturated carbocycles. The van der Waals surface area contributed by atoms with Crippen molar-refractivity contribution in [1.82, 2.24) is 19.7 Å². The summed E-state index contributed by atoms with van der Waals surface area (Å²) in [4.78, 5) is 24.3. The Bertz CT molecular complexity index is 1340. The first kappa shape index (κ1) is 19.3. The lowest BCUT2D eigenvalue weighted by molar-refractivity contribution is 0.484. The van der Waals surface area contributed by atoms with Crippen LogP contribution in [-0.4, -0.2) is 40.0 Å². The van der Waals surface area contributed by atoms with Gasteiger partial charge in [-0.3, -0.25) is 4.98 Å². The minimum absolute atomic E-state index is 0.411. The predicted octanol–water partition coefficient (Wildman–Crippen LogP) is 3.68. The van der Waals surface area contributed by atoms with E-state index in [0.717, 1.165) is 47.7 Å². The van der Waals surface area contributed by atoms with E-state index in [1.54, 1.807) is 0 Å². The highest BCUT2D eigenvalue weighted by Gasteiger charge is 2.21. The number of nitrogens with zero attached hydrogens (tertiary/aromatic N) is 4. The summed E-state index contributed by atoms with van der Waals surface area (Å²) in [6.07, 6.45) is 3.74. The Morgan fingerprint density at radius 1 is 1.23 bits per heavy atom. The minimum Gasteiger partial charge on any atom is -0.422 e. The Labute approximate surface area is 181 Å². The Morgan fingerprint density at radius 2 is 2.07 bits per heavy atom. The maximum Gasteiger partial charge on any atom is 0.347 e. The van der Waals surface area contributed by atoms with Gasteiger partial charge in [0.25, 0.3) is 0 Å². The number of aryl methyl sites for hydroxylation is 2. The second-order valence-electron chi connectivity index (χ2n) is 7.88. The summed E-state index contributed by atoms with van der Waals surface area (Å²) in [5.41, 5.74) is 4.64. The molecule has 0 aliphatic carbocycles. The molecule has 7 nitrogen and oxygen atoms in total. The zero-order valence-corrected chi connectivity index (χ0v) is 18.7. The molecule has 1 fully saturated rings. The lowest BCUT2D eigenvalue weighted by Crippen LogP contribution is -2.49. The Morgan fingerprint density at radius 3 is 2.87 bits per heavy atom. The molecule has 4 heterocycles. The normalized spacial score (nSPS) is 17.2. The second kappa shape index (κ2) is 7.21. The van der Waals surface area contributed by atoms with Crippen LogP contribution in [0, 0.1) is 13.8 Å². The van der Waals surface area contributed by atoms with Crippen molar-refractivity contribution in [3.8, 4) is 11.3 Å². The average Bonchev–Trinajstić information content (AvgIpc) is 3.11. The molecule has 1 unspecified atom stereocenters. The van der Waals surface area contributed by atoms with E-state index in [1.165, 1.54) is 0 Å². The van der Waals surface area contributed by atoms with E-state index >= 15 is 0 Å². The molecular formula is C22H22BrN5O2. The zero-order valence-electron chi connectivity index (χ0n) is 17.1. The van der Waals surface area contributed by atoms with Crippen molar-refractivity contribution in [2.75, 3.05) is 24.5 Å². The fourth-order valence-corrected chi connectivity index (χ4v) is 4.85. The molecule has 3 aromatic heterocycles. The highest BCUT2D eigenvalue weighted by Crippen LogP contribution is 2.34. The summed E-state index contributed by atoms with van der Waals surface area (Å²) in [5.74, 6) is 0. The van der Waals surface area contributed by atoms with Crippen LogP contribution < -0.4 is 15.8 Å². The molecule has 5 rings (SSSR count). The molecule has 30 heavy (non-hydrogen) atoms. The summed E-state index contributed by atoms with van der Waals surface area (Å²) in [6, 6.07) is 6.45. The van der Waals surface area contributed by atoms with Gasteiger partial charge in [-0.05, 0) is 48.8 Å². The van der Waals surface area contributed by atoms with Crippen molar-refractivity contribution in [1.29, 1.82) is 0 Å². The van der Waals surface area contributed by atoms with Crippen molar-refractivity contribution >= 4 is 38.2 Å². The van der Waals surface area contributed by atoms with Crippen LogP contribution >= 0.6 is 15.9 Å². The van der Waals surface area contributed by atoms with Crippen LogP contribution in [0.4, 0.5) is 5.69 Å². The van der Waals surface area contributed by atoms with Crippen molar-refractivity contribution in [2.24, 2.45) is 0 Å². The van der Waals surface area contributed by atoms with Crippen LogP contribution in [0.25, 0.3) is 27.9 Å². The molecule has 1 saturated heterocycles. The lowest BCUT2D eigenvalue weighted by atomic mass is 10.1. The first-order chi connectivity index (χ1) is 14.4. The number of halogens is 1. The Hall–Kier alpha value is -2.71. The largest absolute Gasteiger partial charge is 0.422 e. The number of anilines is 1. The summed E-state index contributed by atoms with van der Waals surface area (Å²) in [5, 5.41) is 4.29. The predicted molar refractivity (Wildman–Crippen MR) is 121 cm³/mol. The van der Waals surface area contributed by atoms with Crippen LogP contribution in [0.15, 0.2) is 44.3 Å². The fraction of sp³-hybridized carbons (Fsp3) is 0.318. The van der Waals surface area contributed by atoms with Gasteiger partial charge in [0.2, 0.25) is 0 Å². The molecule has 1 atom stereocenters. The number of piperazine rings is 1. The van der Waals surface area contributed by atoms with Gasteiger partial charge in [0, 0.05) is 59.7 Å². The van der Waals surface area contributed by atoms with E-state index in [2.05, 4.69) is 49.1 Å². The number of fused-ring (bicyclic) bond motifs is 2. The summed E-state index contributed by atoms with van der Waals surface area (Å²) in [7, 11) is 0. The van der Waals surface area contributed by atoms with Gasteiger partial charge in [0.1, 0.15) is 11.1 Å². The number of imidazole rings is 1. The molecule has 1 aliphatic heterocycles. The first-order valence-electron chi connectivity index (χ1n) is 9.99. The quantitative estimate of drug-likeness (QED) is 0.453. The highest BCUT2D eigenvalue weighted by atomic mass is 79.9. The van der Waals surface area contributed by atoms with Gasteiger partial charge >= 0.3 is 5.63 Å². The van der Waals surface area contributed by atoms with E-state index in [-0.39, 0.29) is 0 Å². The summed E-state index contributed by atoms with van der Waals surface area (Å²) >= 11 is 3.64. The van der Waals surface area contributed by atoms with E-state index in [0.29, 0.717) is 27.4 Å². The molecule has 154 valence electrons. The van der Waals surface area contributed by atoms with Crippen LogP contribution in [0.1, 0.15) is 18.3 Å². The van der Waals surface area contributed by atoms with Crippen molar-refractivity contribution in [3.63, 3.8) is 0 Å². The molecule has 0 radical (unpaired) electrons. The van der Waals surface area contributed by atoms with Gasteiger partial charge < -0.3 is 19.0 Å². The number of nitrogens with one attached hydrogen (secondary N) is 1. The molecule has 1 aliphatic rings. The Kier molecular flexibility index (Phi) is 4.63. The van der Waals surface area contributed by atoms with E-state index < -0.39 is 5.63 Å². The number of hydrogen-bond acceptors (Lipinski definition) is 6. The molecule has 4 aromatic rings. The molecule has 0 spiro atoms. The highest BCUT2D eigenvalue weighted by molar-refractivity contribution is 9.10. The van der Waals surface area contributed by atoms with Gasteiger partial charge in [0.05, 0.1) is 17.1 Å². The van der Waals surface area contributed by atoms with Crippen LogP contribution in [-0.2, 0) is 0 Å². The molecule has 1 aromatic carbocycles. The van der Waals surface area contributed by atoms with Crippen LogP contribution in [0.5, 0.6) is 0 Å². The summed E-state index contributed by atoms with van der Waals surface area (Å²) in [6.45, 7) is 8.80. The van der Waals surface area contributed by atoms with Crippen molar-refractivity contribution in [2.45, 2.75) is 26.8 Å². The second-order valence-corrected chi connectivity index (χ2v) is 8.68. The molecule has 8 heteroatoms. The minimum atomic E-state index is -0.411. The first-order valence-corrected chi connectivity index (χ1v) is 10.8. The average molecular weight is 468 g/mol. The molecule has 1 N–H and O–H groups in total. The van der Waals surface area contributed by atoms with Gasteiger partial charge in [-0.15, -0.1) is 0 Å². The Balaban J connectivity index is 1.63. The van der Waals surface area contributed by atoms with E-state index in [9.17, 15) is 4.79 Å². The van der Waals surface area contributed by atoms with Crippen LogP contribution in [0.2, 0.25) is 0 Å². The van der Waals surface area contributed by atoms with Crippen molar-refractivity contribution < 1.29 is 4.42 Å². The molecule has 0 bridgehead atoms. The number of benzene rings is 1. The standard InChI is InChI=1S/C22H22BrN5O2/c1-12-9-27(7-6-24-12)15-4-5-16-18(8-15)30-22(29)19(20(16)23)17-11-28-10-13(2)25-14(3)21(28)26-17/h4-5,8,10-12,24H,6-7,9H2,1-3H3. The van der Waals surface area contributed by atoms with Crippen LogP contribution in [0.3, 0.4) is 0 Å². The van der Waals surface area contributed by atoms with Gasteiger partial charge in [-0.2, -0.15) is 0 Å². The van der Waals surface area contributed by atoms with Gasteiger partial charge in [0.15, 0.2) is 5.65 Å². The lowest BCUT2D eigenvalue weighted by Gasteiger charge is -2.33. The maximum absolute atomic E-state index is 12.9. The number of rotatable bonds is 2. The smallest absolute Gasteiger partial charge is 0.347 e. The van der Waals surface area contributed by atoms with Gasteiger partial charge in [-0.1, -0.05) is 0 Å². The van der Waals surface area contributed by atoms with Gasteiger partial charge in [-0.25, -0.2) is 9.78 Å². The van der Waals surface area contributed by atoms with E-state index in [1.807, 2.05) is 42.8 Å². The summed E-state index contributed by atoms with van der Waals surface area (Å²) < 4.78 is 8.34. The topological polar surface area (TPSA) is 75.7 Å². The van der Waals surface area contributed by atoms with Crippen molar-refractivity contribution in [3.05, 3.63) is 56.9 Å². The fourth-order valence-electron chi connectivity index (χ4n) is 4.16. The number of hydrogen-bond donors (Lipinski definition) is 1. The zero-order chi connectivity index (χ0) is 21.0. The number of aromatic nitrogens is 3. The SMILES string of the molecule is Cc1cn2cc(-c3c(Br)c4ccc(N5CCNC(C)C5)cc4oc3=O)nc2c(C)n1. The third-order valence-electron chi connectivity index (χ3n) is 5.54. The van der Waals surface area contributed by atoms with E-state index in [4.69, 9.17) is 4.42 Å². The molecular weight excluding hydrogens is 446 g/mol. The third-order valence-corrected chi connectivity index (χ3v) is 6.37.